The van der Waals surface area contributed by atoms with Crippen LogP contribution in [0.2, 0.25) is 0 Å². The third-order valence-electron chi connectivity index (χ3n) is 5.83. The average Bonchev–Trinajstić information content (AvgIpc) is 2.79. The van der Waals surface area contributed by atoms with Crippen molar-refractivity contribution in [2.75, 3.05) is 12.0 Å². The molecule has 0 amide bonds. The van der Waals surface area contributed by atoms with E-state index in [9.17, 15) is 29.7 Å². The summed E-state index contributed by atoms with van der Waals surface area (Å²) in [6.45, 7) is 0. The van der Waals surface area contributed by atoms with E-state index >= 15 is 0 Å². The van der Waals surface area contributed by atoms with Gasteiger partial charge in [0.25, 0.3) is 5.69 Å². The Morgan fingerprint density at radius 3 is 2.73 bits per heavy atom. The lowest BCUT2D eigenvalue weighted by atomic mass is 9.75. The van der Waals surface area contributed by atoms with Gasteiger partial charge in [-0.3, -0.25) is 19.8 Å². The molecule has 1 atom stereocenters. The van der Waals surface area contributed by atoms with Crippen molar-refractivity contribution in [3.8, 4) is 17.6 Å². The number of phenolic OH excluding ortho intramolecular Hbond substituents is 1. The molecule has 0 aromatic heterocycles. The number of benzene rings is 2. The van der Waals surface area contributed by atoms with Gasteiger partial charge in [0.1, 0.15) is 17.3 Å². The van der Waals surface area contributed by atoms with E-state index in [-0.39, 0.29) is 40.8 Å². The lowest BCUT2D eigenvalue weighted by Gasteiger charge is -2.39. The Bertz CT molecular complexity index is 1290. The number of methoxy groups -OCH3 is 1. The van der Waals surface area contributed by atoms with Crippen LogP contribution in [0.4, 0.5) is 15.8 Å². The molecule has 0 radical (unpaired) electrons. The van der Waals surface area contributed by atoms with Gasteiger partial charge in [0.05, 0.1) is 35.7 Å². The Morgan fingerprint density at radius 2 is 2.06 bits per heavy atom. The van der Waals surface area contributed by atoms with Crippen molar-refractivity contribution in [1.29, 1.82) is 5.26 Å². The SMILES string of the molecule is COc1cc(C2C(C#N)=C(N)N(c3ccc(F)cc3[N+](=O)[O-])C3=C2C(=O)CCC3)ccc1O. The first-order valence-corrected chi connectivity index (χ1v) is 10.1. The molecule has 3 N–H and O–H groups in total. The number of ether oxygens (including phenoxy) is 1. The van der Waals surface area contributed by atoms with Crippen molar-refractivity contribution in [2.45, 2.75) is 25.2 Å². The summed E-state index contributed by atoms with van der Waals surface area (Å²) >= 11 is 0. The molecule has 0 spiro atoms. The molecule has 2 aromatic rings. The molecule has 10 heteroatoms. The molecule has 33 heavy (non-hydrogen) atoms. The Kier molecular flexibility index (Phi) is 5.47. The van der Waals surface area contributed by atoms with Crippen molar-refractivity contribution >= 4 is 17.2 Å². The first kappa shape index (κ1) is 21.8. The van der Waals surface area contributed by atoms with Crippen molar-refractivity contribution in [3.05, 3.63) is 80.6 Å². The maximum atomic E-state index is 13.8. The summed E-state index contributed by atoms with van der Waals surface area (Å²) in [6.07, 6.45) is 1.10. The highest BCUT2D eigenvalue weighted by atomic mass is 19.1. The smallest absolute Gasteiger partial charge is 0.296 e. The van der Waals surface area contributed by atoms with Crippen molar-refractivity contribution in [1.82, 2.24) is 0 Å². The van der Waals surface area contributed by atoms with Gasteiger partial charge in [-0.25, -0.2) is 4.39 Å². The molecule has 2 aromatic carbocycles. The minimum Gasteiger partial charge on any atom is -0.504 e. The summed E-state index contributed by atoms with van der Waals surface area (Å²) in [5, 5.41) is 31.7. The summed E-state index contributed by atoms with van der Waals surface area (Å²) in [5.74, 6) is -1.90. The molecule has 1 aliphatic heterocycles. The molecule has 1 heterocycles. The molecular weight excluding hydrogens is 431 g/mol. The topological polar surface area (TPSA) is 143 Å². The largest absolute Gasteiger partial charge is 0.504 e. The van der Waals surface area contributed by atoms with Crippen LogP contribution in [0.5, 0.6) is 11.5 Å². The Hall–Kier alpha value is -4.39. The summed E-state index contributed by atoms with van der Waals surface area (Å²) in [5.41, 5.74) is 7.05. The highest BCUT2D eigenvalue weighted by molar-refractivity contribution is 6.01. The zero-order chi connectivity index (χ0) is 23.9. The number of hydrogen-bond donors (Lipinski definition) is 2. The normalized spacial score (nSPS) is 18.2. The van der Waals surface area contributed by atoms with Crippen LogP contribution in [0.1, 0.15) is 30.7 Å². The number of halogens is 1. The van der Waals surface area contributed by atoms with E-state index in [1.54, 1.807) is 6.07 Å². The number of hydrogen-bond acceptors (Lipinski definition) is 8. The Morgan fingerprint density at radius 1 is 1.30 bits per heavy atom. The van der Waals surface area contributed by atoms with Gasteiger partial charge in [0, 0.05) is 17.7 Å². The van der Waals surface area contributed by atoms with Gasteiger partial charge in [0.2, 0.25) is 0 Å². The monoisotopic (exact) mass is 450 g/mol. The predicted octanol–water partition coefficient (Wildman–Crippen LogP) is 3.75. The van der Waals surface area contributed by atoms with Crippen molar-refractivity contribution < 1.29 is 24.0 Å². The van der Waals surface area contributed by atoms with Gasteiger partial charge in [-0.05, 0) is 42.7 Å². The van der Waals surface area contributed by atoms with Crippen LogP contribution in [-0.4, -0.2) is 22.9 Å². The molecule has 0 bridgehead atoms. The Labute approximate surface area is 187 Å². The highest BCUT2D eigenvalue weighted by Crippen LogP contribution is 2.48. The number of anilines is 1. The maximum absolute atomic E-state index is 13.8. The van der Waals surface area contributed by atoms with E-state index in [4.69, 9.17) is 10.5 Å². The van der Waals surface area contributed by atoms with Crippen LogP contribution >= 0.6 is 0 Å². The van der Waals surface area contributed by atoms with Gasteiger partial charge >= 0.3 is 0 Å². The van der Waals surface area contributed by atoms with Crippen LogP contribution in [0.25, 0.3) is 0 Å². The molecule has 4 rings (SSSR count). The number of nitro groups is 1. The molecule has 9 nitrogen and oxygen atoms in total. The standard InChI is InChI=1S/C23H19FN4O5/c1-33-20-9-12(5-8-18(20)29)21-14(11-25)23(26)27(16-3-2-4-19(30)22(16)21)15-7-6-13(24)10-17(15)28(31)32/h5-10,21,29H,2-4,26H2,1H3. The molecule has 168 valence electrons. The summed E-state index contributed by atoms with van der Waals surface area (Å²) in [4.78, 5) is 25.4. The number of Topliss-reactive ketones (excluding diaryl/α,β-unsaturated/α-hetero) is 1. The van der Waals surface area contributed by atoms with Gasteiger partial charge in [-0.2, -0.15) is 5.26 Å². The predicted molar refractivity (Wildman–Crippen MR) is 116 cm³/mol. The number of phenols is 1. The van der Waals surface area contributed by atoms with E-state index in [0.29, 0.717) is 29.7 Å². The number of carbonyl (C=O) groups is 1. The van der Waals surface area contributed by atoms with Crippen molar-refractivity contribution in [3.63, 3.8) is 0 Å². The van der Waals surface area contributed by atoms with Crippen LogP contribution in [-0.2, 0) is 4.79 Å². The number of aromatic hydroxyl groups is 1. The Balaban J connectivity index is 2.01. The van der Waals surface area contributed by atoms with Gasteiger partial charge in [0.15, 0.2) is 17.3 Å². The van der Waals surface area contributed by atoms with E-state index < -0.39 is 22.3 Å². The molecular formula is C23H19FN4O5. The summed E-state index contributed by atoms with van der Waals surface area (Å²) in [7, 11) is 1.38. The second-order valence-electron chi connectivity index (χ2n) is 7.64. The zero-order valence-corrected chi connectivity index (χ0v) is 17.5. The van der Waals surface area contributed by atoms with E-state index in [1.807, 2.05) is 6.07 Å². The molecule has 0 saturated heterocycles. The number of nitrogens with zero attached hydrogens (tertiary/aromatic N) is 3. The lowest BCUT2D eigenvalue weighted by Crippen LogP contribution is -2.39. The second-order valence-corrected chi connectivity index (χ2v) is 7.64. The summed E-state index contributed by atoms with van der Waals surface area (Å²) in [6, 6.07) is 9.57. The number of carbonyl (C=O) groups excluding carboxylic acids is 1. The van der Waals surface area contributed by atoms with Gasteiger partial charge < -0.3 is 15.6 Å². The minimum atomic E-state index is -0.844. The quantitative estimate of drug-likeness (QED) is 0.530. The number of rotatable bonds is 4. The summed E-state index contributed by atoms with van der Waals surface area (Å²) < 4.78 is 19.0. The number of nitrogens with two attached hydrogens (primary N) is 1. The van der Waals surface area contributed by atoms with Gasteiger partial charge in [-0.1, -0.05) is 6.07 Å². The van der Waals surface area contributed by atoms with Crippen LogP contribution < -0.4 is 15.4 Å². The number of ketones is 1. The zero-order valence-electron chi connectivity index (χ0n) is 17.5. The average molecular weight is 450 g/mol. The van der Waals surface area contributed by atoms with E-state index in [1.165, 1.54) is 30.2 Å². The molecule has 0 saturated carbocycles. The molecule has 1 aliphatic carbocycles. The second kappa shape index (κ2) is 8.27. The van der Waals surface area contributed by atoms with Crippen molar-refractivity contribution in [2.24, 2.45) is 5.73 Å². The number of allylic oxidation sites excluding steroid dienone is 3. The van der Waals surface area contributed by atoms with Crippen LogP contribution in [0, 0.1) is 27.3 Å². The van der Waals surface area contributed by atoms with E-state index in [0.717, 1.165) is 12.1 Å². The highest BCUT2D eigenvalue weighted by Gasteiger charge is 2.42. The van der Waals surface area contributed by atoms with Crippen LogP contribution in [0.3, 0.4) is 0 Å². The molecule has 0 fully saturated rings. The third kappa shape index (κ3) is 3.53. The lowest BCUT2D eigenvalue weighted by molar-refractivity contribution is -0.384. The fourth-order valence-corrected chi connectivity index (χ4v) is 4.40. The minimum absolute atomic E-state index is 0.00960. The number of nitriles is 1. The first-order valence-electron chi connectivity index (χ1n) is 10.1. The third-order valence-corrected chi connectivity index (χ3v) is 5.83. The van der Waals surface area contributed by atoms with E-state index in [2.05, 4.69) is 0 Å². The maximum Gasteiger partial charge on any atom is 0.296 e. The van der Waals surface area contributed by atoms with Crippen LogP contribution in [0.15, 0.2) is 59.1 Å². The number of nitro benzene ring substituents is 1. The fraction of sp³-hybridized carbons (Fsp3) is 0.217. The molecule has 1 unspecified atom stereocenters. The van der Waals surface area contributed by atoms with Gasteiger partial charge in [-0.15, -0.1) is 0 Å². The first-order chi connectivity index (χ1) is 15.8. The molecule has 2 aliphatic rings. The fourth-order valence-electron chi connectivity index (χ4n) is 4.40.